The van der Waals surface area contributed by atoms with Gasteiger partial charge in [0.25, 0.3) is 0 Å². The van der Waals surface area contributed by atoms with Gasteiger partial charge in [-0.05, 0) is 47.0 Å². The van der Waals surface area contributed by atoms with Crippen molar-refractivity contribution in [2.24, 2.45) is 0 Å². The molecule has 1 nitrogen and oxygen atoms in total. The first-order chi connectivity index (χ1) is 9.25. The van der Waals surface area contributed by atoms with Crippen LogP contribution in [0.25, 0.3) is 18.2 Å². The molecule has 0 bridgehead atoms. The molecule has 0 fully saturated rings. The molecule has 0 aliphatic heterocycles. The summed E-state index contributed by atoms with van der Waals surface area (Å²) < 4.78 is 5.86. The van der Waals surface area contributed by atoms with E-state index in [2.05, 4.69) is 19.7 Å². The van der Waals surface area contributed by atoms with Gasteiger partial charge in [-0.3, -0.25) is 0 Å². The van der Waals surface area contributed by atoms with Crippen LogP contribution in [0.2, 0.25) is 0 Å². The Morgan fingerprint density at radius 1 is 0.684 bits per heavy atom. The van der Waals surface area contributed by atoms with Gasteiger partial charge in [0.2, 0.25) is 0 Å². The molecular formula is C18H16O. The number of hydrogen-bond acceptors (Lipinski definition) is 1. The van der Waals surface area contributed by atoms with Crippen molar-refractivity contribution in [2.75, 3.05) is 0 Å². The summed E-state index contributed by atoms with van der Waals surface area (Å²) >= 11 is 0. The molecule has 2 aromatic rings. The largest absolute Gasteiger partial charge is 0.457 e. The van der Waals surface area contributed by atoms with E-state index in [1.54, 1.807) is 18.2 Å². The fourth-order valence-electron chi connectivity index (χ4n) is 1.78. The molecule has 94 valence electrons. The molecule has 0 saturated carbocycles. The van der Waals surface area contributed by atoms with Crippen LogP contribution in [0, 0.1) is 0 Å². The summed E-state index contributed by atoms with van der Waals surface area (Å²) in [7, 11) is 0. The number of hydrogen-bond donors (Lipinski definition) is 0. The minimum absolute atomic E-state index is 0.772. The molecule has 0 unspecified atom stereocenters. The Hall–Kier alpha value is -2.54. The van der Waals surface area contributed by atoms with E-state index in [1.165, 1.54) is 0 Å². The number of benzene rings is 2. The normalized spacial score (nSPS) is 9.68. The Bertz CT molecular complexity index is 597. The van der Waals surface area contributed by atoms with Gasteiger partial charge in [-0.15, -0.1) is 0 Å². The summed E-state index contributed by atoms with van der Waals surface area (Å²) in [5.41, 5.74) is 3.04. The van der Waals surface area contributed by atoms with Crippen molar-refractivity contribution in [2.45, 2.75) is 0 Å². The van der Waals surface area contributed by atoms with E-state index in [0.717, 1.165) is 28.2 Å². The highest BCUT2D eigenvalue weighted by Crippen LogP contribution is 2.25. The first kappa shape index (κ1) is 12.9. The lowest BCUT2D eigenvalue weighted by molar-refractivity contribution is 0.482. The monoisotopic (exact) mass is 248 g/mol. The lowest BCUT2D eigenvalue weighted by Crippen LogP contribution is -1.87. The Morgan fingerprint density at radius 2 is 1.26 bits per heavy atom. The summed E-state index contributed by atoms with van der Waals surface area (Å²) in [4.78, 5) is 0. The molecule has 1 heteroatoms. The summed E-state index contributed by atoms with van der Waals surface area (Å²) in [6.07, 6.45) is 5.38. The average Bonchev–Trinajstić information content (AvgIpc) is 2.47. The van der Waals surface area contributed by atoms with Crippen LogP contribution in [0.1, 0.15) is 16.7 Å². The minimum atomic E-state index is 0.772. The number of rotatable bonds is 5. The van der Waals surface area contributed by atoms with Crippen LogP contribution in [0.3, 0.4) is 0 Å². The quantitative estimate of drug-likeness (QED) is 0.687. The van der Waals surface area contributed by atoms with Gasteiger partial charge in [0.05, 0.1) is 0 Å². The van der Waals surface area contributed by atoms with E-state index in [9.17, 15) is 0 Å². The maximum atomic E-state index is 5.86. The Labute approximate surface area is 114 Å². The zero-order chi connectivity index (χ0) is 13.7. The van der Waals surface area contributed by atoms with Crippen molar-refractivity contribution in [3.63, 3.8) is 0 Å². The standard InChI is InChI=1S/C18H16O/c1-4-14-8-7-9-17(11-14)19-18-12-15(5-2)10-16(6-3)13-18/h4-13H,1-3H2. The fraction of sp³-hybridized carbons (Fsp3) is 0. The van der Waals surface area contributed by atoms with Crippen LogP contribution in [0.15, 0.2) is 62.2 Å². The van der Waals surface area contributed by atoms with E-state index in [4.69, 9.17) is 4.74 Å². The van der Waals surface area contributed by atoms with Crippen LogP contribution < -0.4 is 4.74 Å². The Morgan fingerprint density at radius 3 is 1.84 bits per heavy atom. The van der Waals surface area contributed by atoms with Crippen LogP contribution in [0.5, 0.6) is 11.5 Å². The second kappa shape index (κ2) is 5.87. The molecular weight excluding hydrogens is 232 g/mol. The van der Waals surface area contributed by atoms with Crippen molar-refractivity contribution in [3.05, 3.63) is 78.9 Å². The minimum Gasteiger partial charge on any atom is -0.457 e. The van der Waals surface area contributed by atoms with Crippen molar-refractivity contribution in [1.82, 2.24) is 0 Å². The highest BCUT2D eigenvalue weighted by molar-refractivity contribution is 5.59. The zero-order valence-corrected chi connectivity index (χ0v) is 10.8. The van der Waals surface area contributed by atoms with E-state index < -0.39 is 0 Å². The third kappa shape index (κ3) is 3.23. The van der Waals surface area contributed by atoms with Gasteiger partial charge in [-0.1, -0.05) is 50.1 Å². The topological polar surface area (TPSA) is 9.23 Å². The van der Waals surface area contributed by atoms with Crippen molar-refractivity contribution >= 4 is 18.2 Å². The van der Waals surface area contributed by atoms with E-state index in [-0.39, 0.29) is 0 Å². The Kier molecular flexibility index (Phi) is 3.99. The predicted molar refractivity (Wildman–Crippen MR) is 83.2 cm³/mol. The molecule has 0 aliphatic rings. The maximum absolute atomic E-state index is 5.86. The van der Waals surface area contributed by atoms with Crippen molar-refractivity contribution < 1.29 is 4.74 Å². The summed E-state index contributed by atoms with van der Waals surface area (Å²) in [6.45, 7) is 11.3. The molecule has 0 amide bonds. The van der Waals surface area contributed by atoms with Crippen molar-refractivity contribution in [3.8, 4) is 11.5 Å². The Balaban J connectivity index is 2.33. The van der Waals surface area contributed by atoms with Crippen molar-refractivity contribution in [1.29, 1.82) is 0 Å². The molecule has 0 heterocycles. The smallest absolute Gasteiger partial charge is 0.128 e. The lowest BCUT2D eigenvalue weighted by Gasteiger charge is -2.08. The second-order valence-corrected chi connectivity index (χ2v) is 4.12. The predicted octanol–water partition coefficient (Wildman–Crippen LogP) is 5.41. The third-order valence-corrected chi connectivity index (χ3v) is 2.75. The van der Waals surface area contributed by atoms with Gasteiger partial charge in [0, 0.05) is 0 Å². The van der Waals surface area contributed by atoms with Crippen LogP contribution in [-0.2, 0) is 0 Å². The van der Waals surface area contributed by atoms with Gasteiger partial charge in [-0.2, -0.15) is 0 Å². The van der Waals surface area contributed by atoms with Gasteiger partial charge in [0.15, 0.2) is 0 Å². The molecule has 0 radical (unpaired) electrons. The van der Waals surface area contributed by atoms with Gasteiger partial charge in [0.1, 0.15) is 11.5 Å². The molecule has 2 aromatic carbocycles. The SMILES string of the molecule is C=Cc1cccc(Oc2cc(C=C)cc(C=C)c2)c1. The summed E-state index contributed by atoms with van der Waals surface area (Å²) in [5.74, 6) is 1.56. The molecule has 19 heavy (non-hydrogen) atoms. The van der Waals surface area contributed by atoms with Gasteiger partial charge >= 0.3 is 0 Å². The molecule has 0 spiro atoms. The number of ether oxygens (including phenoxy) is 1. The summed E-state index contributed by atoms with van der Waals surface area (Å²) in [6, 6.07) is 13.7. The van der Waals surface area contributed by atoms with Crippen LogP contribution in [0.4, 0.5) is 0 Å². The van der Waals surface area contributed by atoms with Gasteiger partial charge in [-0.25, -0.2) is 0 Å². The highest BCUT2D eigenvalue weighted by atomic mass is 16.5. The van der Waals surface area contributed by atoms with E-state index in [1.807, 2.05) is 42.5 Å². The second-order valence-electron chi connectivity index (χ2n) is 4.12. The summed E-state index contributed by atoms with van der Waals surface area (Å²) in [5, 5.41) is 0. The molecule has 2 rings (SSSR count). The zero-order valence-electron chi connectivity index (χ0n) is 10.8. The third-order valence-electron chi connectivity index (χ3n) is 2.75. The molecule has 0 N–H and O–H groups in total. The molecule has 0 atom stereocenters. The van der Waals surface area contributed by atoms with E-state index in [0.29, 0.717) is 0 Å². The first-order valence-electron chi connectivity index (χ1n) is 6.05. The lowest BCUT2D eigenvalue weighted by atomic mass is 10.1. The van der Waals surface area contributed by atoms with Crippen LogP contribution in [-0.4, -0.2) is 0 Å². The molecule has 0 saturated heterocycles. The van der Waals surface area contributed by atoms with Gasteiger partial charge < -0.3 is 4.74 Å². The fourth-order valence-corrected chi connectivity index (χ4v) is 1.78. The highest BCUT2D eigenvalue weighted by Gasteiger charge is 2.01. The van der Waals surface area contributed by atoms with E-state index >= 15 is 0 Å². The first-order valence-corrected chi connectivity index (χ1v) is 6.05. The molecule has 0 aromatic heterocycles. The maximum Gasteiger partial charge on any atom is 0.128 e. The molecule has 0 aliphatic carbocycles. The van der Waals surface area contributed by atoms with Crippen LogP contribution >= 0.6 is 0 Å². The average molecular weight is 248 g/mol.